The van der Waals surface area contributed by atoms with E-state index in [0.29, 0.717) is 18.8 Å². The van der Waals surface area contributed by atoms with Crippen molar-refractivity contribution in [1.82, 2.24) is 20.4 Å². The summed E-state index contributed by atoms with van der Waals surface area (Å²) in [6, 6.07) is 0. The zero-order chi connectivity index (χ0) is 10.3. The van der Waals surface area contributed by atoms with Crippen molar-refractivity contribution >= 4 is 16.5 Å². The van der Waals surface area contributed by atoms with Crippen molar-refractivity contribution in [2.75, 3.05) is 18.0 Å². The Morgan fingerprint density at radius 2 is 2.40 bits per heavy atom. The molecular formula is C8H9N5OS. The van der Waals surface area contributed by atoms with E-state index in [0.717, 1.165) is 5.13 Å². The van der Waals surface area contributed by atoms with E-state index in [9.17, 15) is 5.11 Å². The van der Waals surface area contributed by atoms with Gasteiger partial charge in [-0.25, -0.2) is 4.98 Å². The van der Waals surface area contributed by atoms with E-state index in [1.54, 1.807) is 23.7 Å². The summed E-state index contributed by atoms with van der Waals surface area (Å²) in [5.74, 6) is 0. The van der Waals surface area contributed by atoms with Gasteiger partial charge >= 0.3 is 0 Å². The third-order valence-electron chi connectivity index (χ3n) is 2.49. The highest BCUT2D eigenvalue weighted by Gasteiger charge is 2.45. The minimum absolute atomic E-state index is 0.521. The number of rotatable bonds is 2. The molecule has 1 saturated heterocycles. The standard InChI is InChI=1S/C8H9N5OS/c14-8(6-3-10-12-11-6)4-13(5-8)7-9-1-2-15-7/h1-3,14H,4-5H2,(H,10,11,12). The van der Waals surface area contributed by atoms with Crippen LogP contribution in [0.1, 0.15) is 5.69 Å². The molecule has 0 amide bonds. The highest BCUT2D eigenvalue weighted by atomic mass is 32.1. The third-order valence-corrected chi connectivity index (χ3v) is 3.32. The predicted molar refractivity (Wildman–Crippen MR) is 54.6 cm³/mol. The fourth-order valence-electron chi connectivity index (χ4n) is 1.68. The van der Waals surface area contributed by atoms with Crippen LogP contribution in [-0.4, -0.2) is 38.6 Å². The first-order valence-electron chi connectivity index (χ1n) is 4.51. The number of anilines is 1. The van der Waals surface area contributed by atoms with Crippen molar-refractivity contribution in [3.63, 3.8) is 0 Å². The number of aromatic nitrogens is 4. The van der Waals surface area contributed by atoms with Gasteiger partial charge in [0.15, 0.2) is 5.13 Å². The van der Waals surface area contributed by atoms with Crippen molar-refractivity contribution < 1.29 is 5.11 Å². The Kier molecular flexibility index (Phi) is 1.77. The average molecular weight is 223 g/mol. The zero-order valence-electron chi connectivity index (χ0n) is 7.79. The summed E-state index contributed by atoms with van der Waals surface area (Å²) in [5, 5.41) is 23.1. The van der Waals surface area contributed by atoms with Gasteiger partial charge in [0.1, 0.15) is 11.3 Å². The third kappa shape index (κ3) is 1.31. The van der Waals surface area contributed by atoms with Crippen LogP contribution in [0.4, 0.5) is 5.13 Å². The van der Waals surface area contributed by atoms with Crippen LogP contribution in [-0.2, 0) is 5.60 Å². The topological polar surface area (TPSA) is 77.9 Å². The van der Waals surface area contributed by atoms with Crippen molar-refractivity contribution in [3.8, 4) is 0 Å². The first-order valence-corrected chi connectivity index (χ1v) is 5.39. The van der Waals surface area contributed by atoms with Gasteiger partial charge in [-0.3, -0.25) is 0 Å². The molecule has 15 heavy (non-hydrogen) atoms. The van der Waals surface area contributed by atoms with Crippen LogP contribution in [0.25, 0.3) is 0 Å². The number of aromatic amines is 1. The van der Waals surface area contributed by atoms with E-state index in [1.807, 2.05) is 10.3 Å². The fraction of sp³-hybridized carbons (Fsp3) is 0.375. The Hall–Kier alpha value is -1.47. The smallest absolute Gasteiger partial charge is 0.185 e. The summed E-state index contributed by atoms with van der Waals surface area (Å²) in [6.45, 7) is 1.04. The van der Waals surface area contributed by atoms with E-state index in [1.165, 1.54) is 0 Å². The number of H-pyrrole nitrogens is 1. The fourth-order valence-corrected chi connectivity index (χ4v) is 2.32. The summed E-state index contributed by atoms with van der Waals surface area (Å²) >= 11 is 1.56. The summed E-state index contributed by atoms with van der Waals surface area (Å²) in [7, 11) is 0. The number of nitrogens with one attached hydrogen (secondary N) is 1. The molecule has 0 spiro atoms. The van der Waals surface area contributed by atoms with Crippen LogP contribution in [0, 0.1) is 0 Å². The lowest BCUT2D eigenvalue weighted by Gasteiger charge is -2.44. The number of nitrogens with zero attached hydrogens (tertiary/aromatic N) is 4. The maximum atomic E-state index is 10.2. The van der Waals surface area contributed by atoms with Crippen molar-refractivity contribution in [2.24, 2.45) is 0 Å². The molecule has 2 aromatic rings. The minimum Gasteiger partial charge on any atom is -0.380 e. The van der Waals surface area contributed by atoms with E-state index in [4.69, 9.17) is 0 Å². The Bertz CT molecular complexity index is 434. The maximum Gasteiger partial charge on any atom is 0.185 e. The van der Waals surface area contributed by atoms with Gasteiger partial charge in [0.2, 0.25) is 0 Å². The molecule has 1 aliphatic rings. The zero-order valence-corrected chi connectivity index (χ0v) is 8.61. The Morgan fingerprint density at radius 3 is 3.00 bits per heavy atom. The maximum absolute atomic E-state index is 10.2. The molecule has 0 radical (unpaired) electrons. The second kappa shape index (κ2) is 3.01. The van der Waals surface area contributed by atoms with Crippen LogP contribution >= 0.6 is 11.3 Å². The van der Waals surface area contributed by atoms with Crippen LogP contribution in [0.3, 0.4) is 0 Å². The molecule has 6 nitrogen and oxygen atoms in total. The molecule has 0 atom stereocenters. The van der Waals surface area contributed by atoms with E-state index in [-0.39, 0.29) is 0 Å². The van der Waals surface area contributed by atoms with Gasteiger partial charge in [-0.2, -0.15) is 15.4 Å². The van der Waals surface area contributed by atoms with Crippen LogP contribution < -0.4 is 4.90 Å². The molecule has 0 unspecified atom stereocenters. The molecule has 3 rings (SSSR count). The molecular weight excluding hydrogens is 214 g/mol. The Labute approximate surface area is 89.6 Å². The number of hydrogen-bond donors (Lipinski definition) is 2. The lowest BCUT2D eigenvalue weighted by atomic mass is 9.92. The van der Waals surface area contributed by atoms with Gasteiger partial charge in [0, 0.05) is 11.6 Å². The number of β-amino-alcohol motifs (C(OH)–C–C–N with tert-alkyl or cyclic N) is 1. The van der Waals surface area contributed by atoms with Gasteiger partial charge in [-0.05, 0) is 0 Å². The largest absolute Gasteiger partial charge is 0.380 e. The van der Waals surface area contributed by atoms with E-state index in [2.05, 4.69) is 20.4 Å². The first-order chi connectivity index (χ1) is 7.28. The normalized spacial score (nSPS) is 18.9. The molecule has 0 bridgehead atoms. The minimum atomic E-state index is -0.876. The van der Waals surface area contributed by atoms with Gasteiger partial charge in [-0.15, -0.1) is 11.3 Å². The first kappa shape index (κ1) is 8.81. The molecule has 1 fully saturated rings. The summed E-state index contributed by atoms with van der Waals surface area (Å²) < 4.78 is 0. The number of aliphatic hydroxyl groups is 1. The molecule has 2 aromatic heterocycles. The highest BCUT2D eigenvalue weighted by Crippen LogP contribution is 2.34. The van der Waals surface area contributed by atoms with Crippen molar-refractivity contribution in [1.29, 1.82) is 0 Å². The molecule has 2 N–H and O–H groups in total. The van der Waals surface area contributed by atoms with Gasteiger partial charge in [-0.1, -0.05) is 0 Å². The molecule has 3 heterocycles. The monoisotopic (exact) mass is 223 g/mol. The van der Waals surface area contributed by atoms with Gasteiger partial charge in [0.25, 0.3) is 0 Å². The Balaban J connectivity index is 1.76. The Morgan fingerprint density at radius 1 is 1.53 bits per heavy atom. The summed E-state index contributed by atoms with van der Waals surface area (Å²) in [6.07, 6.45) is 3.31. The second-order valence-corrected chi connectivity index (χ2v) is 4.43. The molecule has 1 aliphatic heterocycles. The van der Waals surface area contributed by atoms with E-state index < -0.39 is 5.60 Å². The van der Waals surface area contributed by atoms with Crippen LogP contribution in [0.5, 0.6) is 0 Å². The SMILES string of the molecule is OC1(c2cn[nH]n2)CN(c2nccs2)C1. The summed E-state index contributed by atoms with van der Waals surface area (Å²) in [4.78, 5) is 6.19. The molecule has 78 valence electrons. The van der Waals surface area contributed by atoms with E-state index >= 15 is 0 Å². The number of hydrogen-bond acceptors (Lipinski definition) is 6. The van der Waals surface area contributed by atoms with Crippen LogP contribution in [0.15, 0.2) is 17.8 Å². The van der Waals surface area contributed by atoms with Gasteiger partial charge in [0.05, 0.1) is 19.3 Å². The summed E-state index contributed by atoms with van der Waals surface area (Å²) in [5.41, 5.74) is -0.283. The predicted octanol–water partition coefficient (Wildman–Crippen LogP) is -0.0310. The second-order valence-electron chi connectivity index (χ2n) is 3.56. The van der Waals surface area contributed by atoms with Crippen LogP contribution in [0.2, 0.25) is 0 Å². The highest BCUT2D eigenvalue weighted by molar-refractivity contribution is 7.13. The van der Waals surface area contributed by atoms with Gasteiger partial charge < -0.3 is 10.0 Å². The molecule has 0 aromatic carbocycles. The molecule has 7 heteroatoms. The molecule has 0 saturated carbocycles. The lowest BCUT2D eigenvalue weighted by molar-refractivity contribution is 0.00332. The van der Waals surface area contributed by atoms with Crippen molar-refractivity contribution in [2.45, 2.75) is 5.60 Å². The quantitative estimate of drug-likeness (QED) is 0.747. The number of thiazole rings is 1. The average Bonchev–Trinajstić information content (AvgIpc) is 2.85. The van der Waals surface area contributed by atoms with Crippen molar-refractivity contribution in [3.05, 3.63) is 23.5 Å². The molecule has 0 aliphatic carbocycles. The lowest BCUT2D eigenvalue weighted by Crippen LogP contribution is -2.59.